The van der Waals surface area contributed by atoms with E-state index in [2.05, 4.69) is 5.92 Å². The average Bonchev–Trinajstić information content (AvgIpc) is 2.95. The van der Waals surface area contributed by atoms with Crippen LogP contribution >= 0.6 is 0 Å². The molecule has 2 aliphatic heterocycles. The molecular formula is C20H25NO4. The Morgan fingerprint density at radius 1 is 1.36 bits per heavy atom. The van der Waals surface area contributed by atoms with E-state index in [1.54, 1.807) is 0 Å². The lowest BCUT2D eigenvalue weighted by molar-refractivity contribution is -0.198. The van der Waals surface area contributed by atoms with Crippen molar-refractivity contribution in [1.29, 1.82) is 0 Å². The molecule has 0 radical (unpaired) electrons. The Labute approximate surface area is 149 Å². The van der Waals surface area contributed by atoms with E-state index < -0.39 is 11.9 Å². The number of unbranched alkanes of at least 4 members (excludes halogenated alkanes) is 1. The number of likely N-dealkylation sites (tertiary alicyclic amines) is 1. The number of ether oxygens (including phenoxy) is 3. The van der Waals surface area contributed by atoms with Crippen LogP contribution in [-0.4, -0.2) is 48.0 Å². The Hall–Kier alpha value is -1.87. The Morgan fingerprint density at radius 2 is 2.12 bits per heavy atom. The summed E-state index contributed by atoms with van der Waals surface area (Å²) >= 11 is 0. The molecule has 3 rings (SSSR count). The maximum atomic E-state index is 12.6. The predicted octanol–water partition coefficient (Wildman–Crippen LogP) is 2.35. The fourth-order valence-electron chi connectivity index (χ4n) is 3.36. The summed E-state index contributed by atoms with van der Waals surface area (Å²) in [4.78, 5) is 14.4. The largest absolute Gasteiger partial charge is 0.361 e. The van der Waals surface area contributed by atoms with Crippen molar-refractivity contribution in [3.8, 4) is 12.3 Å². The second-order valence-electron chi connectivity index (χ2n) is 6.91. The van der Waals surface area contributed by atoms with E-state index in [1.807, 2.05) is 49.1 Å². The fraction of sp³-hybridized carbons (Fsp3) is 0.550. The summed E-state index contributed by atoms with van der Waals surface area (Å²) < 4.78 is 17.6. The molecule has 0 spiro atoms. The zero-order valence-corrected chi connectivity index (χ0v) is 14.8. The normalized spacial score (nSPS) is 27.8. The minimum Gasteiger partial charge on any atom is -0.361 e. The number of β-lactam (4-membered cyclic amide) rings is 1. The first-order chi connectivity index (χ1) is 12.0. The number of carbonyl (C=O) groups excluding carboxylic acids is 1. The lowest BCUT2D eigenvalue weighted by atomic mass is 9.92. The summed E-state index contributed by atoms with van der Waals surface area (Å²) in [6.07, 6.45) is 6.08. The van der Waals surface area contributed by atoms with Crippen LogP contribution < -0.4 is 0 Å². The monoisotopic (exact) mass is 343 g/mol. The van der Waals surface area contributed by atoms with E-state index >= 15 is 0 Å². The minimum atomic E-state index is -0.627. The highest BCUT2D eigenvalue weighted by Gasteiger charge is 2.55. The van der Waals surface area contributed by atoms with E-state index in [9.17, 15) is 4.79 Å². The van der Waals surface area contributed by atoms with Crippen molar-refractivity contribution in [2.24, 2.45) is 0 Å². The second kappa shape index (κ2) is 7.57. The van der Waals surface area contributed by atoms with Gasteiger partial charge in [-0.2, -0.15) is 0 Å². The van der Waals surface area contributed by atoms with Gasteiger partial charge in [0.25, 0.3) is 5.91 Å². The maximum Gasteiger partial charge on any atom is 0.254 e. The summed E-state index contributed by atoms with van der Waals surface area (Å²) in [5.74, 6) is 1.99. The van der Waals surface area contributed by atoms with E-state index in [4.69, 9.17) is 20.6 Å². The molecule has 2 aliphatic rings. The van der Waals surface area contributed by atoms with Gasteiger partial charge in [-0.3, -0.25) is 4.79 Å². The Bertz CT molecular complexity index is 637. The Morgan fingerprint density at radius 3 is 2.76 bits per heavy atom. The van der Waals surface area contributed by atoms with Crippen LogP contribution in [0.2, 0.25) is 0 Å². The molecule has 3 atom stereocenters. The number of nitrogens with zero attached hydrogens (tertiary/aromatic N) is 1. The second-order valence-corrected chi connectivity index (χ2v) is 6.91. The predicted molar refractivity (Wildman–Crippen MR) is 93.5 cm³/mol. The molecule has 134 valence electrons. The average molecular weight is 343 g/mol. The quantitative estimate of drug-likeness (QED) is 0.433. The number of benzene rings is 1. The van der Waals surface area contributed by atoms with Crippen LogP contribution in [0.1, 0.15) is 32.3 Å². The third kappa shape index (κ3) is 4.04. The van der Waals surface area contributed by atoms with Crippen molar-refractivity contribution >= 4 is 5.91 Å². The molecular weight excluding hydrogens is 318 g/mol. The molecule has 0 unspecified atom stereocenters. The summed E-state index contributed by atoms with van der Waals surface area (Å²) in [6, 6.07) is 9.72. The van der Waals surface area contributed by atoms with Gasteiger partial charge in [-0.1, -0.05) is 30.3 Å². The van der Waals surface area contributed by atoms with Crippen molar-refractivity contribution in [2.45, 2.75) is 57.3 Å². The van der Waals surface area contributed by atoms with Crippen LogP contribution in [0.5, 0.6) is 0 Å². The van der Waals surface area contributed by atoms with Gasteiger partial charge in [-0.05, 0) is 25.8 Å². The van der Waals surface area contributed by atoms with Crippen LogP contribution in [-0.2, 0) is 25.6 Å². The van der Waals surface area contributed by atoms with Crippen molar-refractivity contribution in [1.82, 2.24) is 4.90 Å². The summed E-state index contributed by atoms with van der Waals surface area (Å²) in [6.45, 7) is 5.26. The molecule has 0 N–H and O–H groups in total. The van der Waals surface area contributed by atoms with Gasteiger partial charge in [0.05, 0.1) is 19.3 Å². The van der Waals surface area contributed by atoms with Gasteiger partial charge in [0.2, 0.25) is 0 Å². The summed E-state index contributed by atoms with van der Waals surface area (Å²) in [5, 5.41) is 0. The van der Waals surface area contributed by atoms with Crippen LogP contribution in [0, 0.1) is 12.3 Å². The summed E-state index contributed by atoms with van der Waals surface area (Å²) in [5.41, 5.74) is 1.05. The van der Waals surface area contributed by atoms with Crippen molar-refractivity contribution < 1.29 is 19.0 Å². The van der Waals surface area contributed by atoms with Crippen LogP contribution in [0.4, 0.5) is 0 Å². The number of hydrogen-bond acceptors (Lipinski definition) is 4. The molecule has 0 saturated carbocycles. The first-order valence-corrected chi connectivity index (χ1v) is 8.73. The minimum absolute atomic E-state index is 0.00580. The molecule has 1 aromatic rings. The molecule has 2 fully saturated rings. The van der Waals surface area contributed by atoms with E-state index in [0.29, 0.717) is 26.2 Å². The summed E-state index contributed by atoms with van der Waals surface area (Å²) in [7, 11) is 0. The molecule has 0 aromatic heterocycles. The molecule has 25 heavy (non-hydrogen) atoms. The molecule has 5 nitrogen and oxygen atoms in total. The van der Waals surface area contributed by atoms with Gasteiger partial charge in [0.1, 0.15) is 6.10 Å². The van der Waals surface area contributed by atoms with Crippen molar-refractivity contribution in [2.75, 3.05) is 13.2 Å². The Balaban J connectivity index is 1.65. The molecule has 2 heterocycles. The van der Waals surface area contributed by atoms with Crippen molar-refractivity contribution in [3.63, 3.8) is 0 Å². The lowest BCUT2D eigenvalue weighted by Crippen LogP contribution is -2.70. The van der Waals surface area contributed by atoms with Gasteiger partial charge in [0.15, 0.2) is 11.9 Å². The highest BCUT2D eigenvalue weighted by Crippen LogP contribution is 2.34. The molecule has 1 aromatic carbocycles. The first kappa shape index (κ1) is 17.9. The Kier molecular flexibility index (Phi) is 5.43. The SMILES string of the molecule is C#CCCCN1C(=O)[C@H](OCc2ccccc2)[C@@H]1[C@H]1COC(C)(C)O1. The fourth-order valence-corrected chi connectivity index (χ4v) is 3.36. The topological polar surface area (TPSA) is 48.0 Å². The smallest absolute Gasteiger partial charge is 0.254 e. The molecule has 5 heteroatoms. The van der Waals surface area contributed by atoms with Gasteiger partial charge < -0.3 is 19.1 Å². The number of amides is 1. The van der Waals surface area contributed by atoms with Gasteiger partial charge in [0, 0.05) is 13.0 Å². The molecule has 1 amide bonds. The highest BCUT2D eigenvalue weighted by molar-refractivity contribution is 5.88. The lowest BCUT2D eigenvalue weighted by Gasteiger charge is -2.48. The van der Waals surface area contributed by atoms with Crippen LogP contribution in [0.25, 0.3) is 0 Å². The van der Waals surface area contributed by atoms with Crippen LogP contribution in [0.15, 0.2) is 30.3 Å². The highest BCUT2D eigenvalue weighted by atomic mass is 16.7. The van der Waals surface area contributed by atoms with E-state index in [0.717, 1.165) is 12.0 Å². The van der Waals surface area contributed by atoms with Gasteiger partial charge >= 0.3 is 0 Å². The third-order valence-corrected chi connectivity index (χ3v) is 4.60. The molecule has 0 bridgehead atoms. The van der Waals surface area contributed by atoms with E-state index in [-0.39, 0.29) is 18.1 Å². The zero-order valence-electron chi connectivity index (χ0n) is 14.8. The first-order valence-electron chi connectivity index (χ1n) is 8.73. The van der Waals surface area contributed by atoms with Gasteiger partial charge in [-0.15, -0.1) is 12.3 Å². The van der Waals surface area contributed by atoms with Crippen molar-refractivity contribution in [3.05, 3.63) is 35.9 Å². The number of carbonyl (C=O) groups is 1. The number of terminal acetylenes is 1. The molecule has 0 aliphatic carbocycles. The number of hydrogen-bond donors (Lipinski definition) is 0. The maximum absolute atomic E-state index is 12.6. The standard InChI is InChI=1S/C20H25NO4/c1-4-5-9-12-21-17(16-14-24-20(2,3)25-16)18(19(21)22)23-13-15-10-7-6-8-11-15/h1,6-8,10-11,16-18H,5,9,12-14H2,2-3H3/t16-,17+,18-/m1/s1. The third-order valence-electron chi connectivity index (χ3n) is 4.60. The zero-order chi connectivity index (χ0) is 17.9. The number of rotatable bonds is 7. The van der Waals surface area contributed by atoms with Gasteiger partial charge in [-0.25, -0.2) is 0 Å². The van der Waals surface area contributed by atoms with Crippen LogP contribution in [0.3, 0.4) is 0 Å². The molecule has 2 saturated heterocycles. The van der Waals surface area contributed by atoms with E-state index in [1.165, 1.54) is 0 Å².